The fourth-order valence-corrected chi connectivity index (χ4v) is 2.96. The van der Waals surface area contributed by atoms with Gasteiger partial charge in [-0.15, -0.1) is 0 Å². The normalized spacial score (nSPS) is 21.6. The highest BCUT2D eigenvalue weighted by Crippen LogP contribution is 2.30. The molecule has 0 spiro atoms. The Labute approximate surface area is 132 Å². The van der Waals surface area contributed by atoms with Crippen LogP contribution in [0.5, 0.6) is 0 Å². The van der Waals surface area contributed by atoms with Crippen molar-refractivity contribution in [3.63, 3.8) is 0 Å². The van der Waals surface area contributed by atoms with Gasteiger partial charge < -0.3 is 4.74 Å². The maximum absolute atomic E-state index is 10.2. The van der Waals surface area contributed by atoms with Crippen LogP contribution in [0.2, 0.25) is 0 Å². The minimum absolute atomic E-state index is 0.359. The second kappa shape index (κ2) is 9.17. The fourth-order valence-electron chi connectivity index (χ4n) is 2.96. The van der Waals surface area contributed by atoms with E-state index in [0.717, 1.165) is 37.0 Å². The number of allylic oxidation sites excluding steroid dienone is 2. The first-order chi connectivity index (χ1) is 10.8. The zero-order valence-corrected chi connectivity index (χ0v) is 12.9. The number of ether oxygens (including phenoxy) is 1. The highest BCUT2D eigenvalue weighted by atomic mass is 16.5. The third kappa shape index (κ3) is 5.46. The van der Waals surface area contributed by atoms with Crippen LogP contribution in [0.3, 0.4) is 0 Å². The Hall–Kier alpha value is -1.92. The zero-order chi connectivity index (χ0) is 15.6. The lowest BCUT2D eigenvalue weighted by molar-refractivity contribution is -0.104. The summed E-state index contributed by atoms with van der Waals surface area (Å²) in [6.07, 6.45) is 11.6. The average molecular weight is 297 g/mol. The molecule has 1 aliphatic rings. The first kappa shape index (κ1) is 16.5. The molecule has 2 rings (SSSR count). The number of nitrogens with zero attached hydrogens (tertiary/aromatic N) is 1. The molecule has 0 aliphatic heterocycles. The van der Waals surface area contributed by atoms with E-state index in [1.54, 1.807) is 6.08 Å². The van der Waals surface area contributed by atoms with Crippen molar-refractivity contribution in [2.75, 3.05) is 0 Å². The molecule has 0 heterocycles. The van der Waals surface area contributed by atoms with Gasteiger partial charge in [-0.25, -0.2) is 0 Å². The van der Waals surface area contributed by atoms with Gasteiger partial charge in [0.05, 0.1) is 24.3 Å². The molecule has 0 saturated heterocycles. The van der Waals surface area contributed by atoms with Gasteiger partial charge in [0.2, 0.25) is 0 Å². The van der Waals surface area contributed by atoms with E-state index in [1.165, 1.54) is 19.3 Å². The maximum Gasteiger partial charge on any atom is 0.142 e. The molecule has 0 N–H and O–H groups in total. The first-order valence-electron chi connectivity index (χ1n) is 8.02. The number of aldehydes is 1. The number of benzene rings is 1. The Morgan fingerprint density at radius 2 is 1.91 bits per heavy atom. The van der Waals surface area contributed by atoms with Crippen LogP contribution in [0.1, 0.15) is 49.7 Å². The lowest BCUT2D eigenvalue weighted by atomic mass is 9.84. The van der Waals surface area contributed by atoms with Gasteiger partial charge in [0.25, 0.3) is 0 Å². The molecule has 1 saturated carbocycles. The summed E-state index contributed by atoms with van der Waals surface area (Å²) in [5, 5.41) is 8.78. The minimum Gasteiger partial charge on any atom is -0.374 e. The molecule has 0 aromatic heterocycles. The van der Waals surface area contributed by atoms with E-state index in [-0.39, 0.29) is 0 Å². The fraction of sp³-hybridized carbons (Fsp3) is 0.474. The van der Waals surface area contributed by atoms with Crippen LogP contribution in [-0.4, -0.2) is 12.4 Å². The highest BCUT2D eigenvalue weighted by Gasteiger charge is 2.21. The number of hydrogen-bond acceptors (Lipinski definition) is 3. The van der Waals surface area contributed by atoms with Crippen LogP contribution in [0.4, 0.5) is 0 Å². The molecule has 0 radical (unpaired) electrons. The van der Waals surface area contributed by atoms with Gasteiger partial charge in [-0.2, -0.15) is 5.26 Å². The second-order valence-electron chi connectivity index (χ2n) is 5.90. The van der Waals surface area contributed by atoms with Crippen molar-refractivity contribution in [3.05, 3.63) is 47.5 Å². The molecule has 0 unspecified atom stereocenters. The van der Waals surface area contributed by atoms with Gasteiger partial charge in [0.15, 0.2) is 0 Å². The third-order valence-electron chi connectivity index (χ3n) is 4.32. The van der Waals surface area contributed by atoms with E-state index < -0.39 is 0 Å². The highest BCUT2D eigenvalue weighted by molar-refractivity contribution is 5.64. The Balaban J connectivity index is 1.65. The van der Waals surface area contributed by atoms with E-state index in [0.29, 0.717) is 18.3 Å². The van der Waals surface area contributed by atoms with Crippen LogP contribution in [0, 0.1) is 17.2 Å². The Morgan fingerprint density at radius 3 is 2.55 bits per heavy atom. The van der Waals surface area contributed by atoms with E-state index >= 15 is 0 Å². The van der Waals surface area contributed by atoms with Crippen molar-refractivity contribution in [3.8, 4) is 6.07 Å². The molecule has 0 bridgehead atoms. The van der Waals surface area contributed by atoms with E-state index in [9.17, 15) is 4.79 Å². The Bertz CT molecular complexity index is 519. The Morgan fingerprint density at radius 1 is 1.18 bits per heavy atom. The van der Waals surface area contributed by atoms with Crippen molar-refractivity contribution >= 4 is 6.29 Å². The molecule has 1 aliphatic carbocycles. The summed E-state index contributed by atoms with van der Waals surface area (Å²) in [7, 11) is 0. The van der Waals surface area contributed by atoms with Crippen molar-refractivity contribution in [2.24, 2.45) is 5.92 Å². The van der Waals surface area contributed by atoms with E-state index in [4.69, 9.17) is 10.00 Å². The van der Waals surface area contributed by atoms with Crippen molar-refractivity contribution in [2.45, 2.75) is 51.2 Å². The molecular formula is C19H23NO2. The van der Waals surface area contributed by atoms with E-state index in [1.807, 2.05) is 30.3 Å². The van der Waals surface area contributed by atoms with Crippen LogP contribution >= 0.6 is 0 Å². The van der Waals surface area contributed by atoms with Crippen molar-refractivity contribution < 1.29 is 9.53 Å². The number of nitriles is 1. The smallest absolute Gasteiger partial charge is 0.142 e. The summed E-state index contributed by atoms with van der Waals surface area (Å²) in [5.41, 5.74) is 1.81. The summed E-state index contributed by atoms with van der Waals surface area (Å²) in [5.74, 6) is 0.770. The van der Waals surface area contributed by atoms with Crippen LogP contribution in [-0.2, 0) is 16.1 Å². The molecule has 1 aromatic rings. The largest absolute Gasteiger partial charge is 0.374 e. The lowest BCUT2D eigenvalue weighted by Gasteiger charge is -2.28. The van der Waals surface area contributed by atoms with Crippen LogP contribution < -0.4 is 0 Å². The van der Waals surface area contributed by atoms with Crippen LogP contribution in [0.15, 0.2) is 36.4 Å². The summed E-state index contributed by atoms with van der Waals surface area (Å²) in [4.78, 5) is 10.2. The molecule has 1 aromatic carbocycles. The monoisotopic (exact) mass is 297 g/mol. The second-order valence-corrected chi connectivity index (χ2v) is 5.90. The molecule has 0 atom stereocenters. The molecule has 116 valence electrons. The van der Waals surface area contributed by atoms with E-state index in [2.05, 4.69) is 6.07 Å². The van der Waals surface area contributed by atoms with Gasteiger partial charge >= 0.3 is 0 Å². The average Bonchev–Trinajstić information content (AvgIpc) is 2.58. The molecule has 0 amide bonds. The quantitative estimate of drug-likeness (QED) is 0.560. The predicted octanol–water partition coefficient (Wildman–Crippen LogP) is 4.17. The first-order valence-corrected chi connectivity index (χ1v) is 8.02. The van der Waals surface area contributed by atoms with Crippen LogP contribution in [0.25, 0.3) is 0 Å². The van der Waals surface area contributed by atoms with Gasteiger partial charge in [-0.1, -0.05) is 18.2 Å². The molecular weight excluding hydrogens is 274 g/mol. The van der Waals surface area contributed by atoms with Crippen molar-refractivity contribution in [1.29, 1.82) is 5.26 Å². The van der Waals surface area contributed by atoms with Gasteiger partial charge in [-0.05, 0) is 68.2 Å². The number of carbonyl (C=O) groups is 1. The topological polar surface area (TPSA) is 50.1 Å². The lowest BCUT2D eigenvalue weighted by Crippen LogP contribution is -2.21. The Kier molecular flexibility index (Phi) is 6.86. The minimum atomic E-state index is 0.359. The number of hydrogen-bond donors (Lipinski definition) is 0. The summed E-state index contributed by atoms with van der Waals surface area (Å²) in [6, 6.07) is 9.72. The molecule has 22 heavy (non-hydrogen) atoms. The SMILES string of the molecule is N#Cc1ccc(CO[C@H]2CC[C@H](CC/C=C/C=O)CC2)cc1. The van der Waals surface area contributed by atoms with Gasteiger partial charge in [0.1, 0.15) is 6.29 Å². The number of rotatable bonds is 7. The molecule has 3 heteroatoms. The molecule has 3 nitrogen and oxygen atoms in total. The third-order valence-corrected chi connectivity index (χ3v) is 4.32. The van der Waals surface area contributed by atoms with Gasteiger partial charge in [-0.3, -0.25) is 4.79 Å². The summed E-state index contributed by atoms with van der Waals surface area (Å²) in [6.45, 7) is 0.628. The predicted molar refractivity (Wildman–Crippen MR) is 86.1 cm³/mol. The standard InChI is InChI=1S/C19H23NO2/c20-14-17-5-7-18(8-6-17)15-22-19-11-9-16(10-12-19)4-2-1-3-13-21/h1,3,5-8,13,16,19H,2,4,9-12,15H2/b3-1+/t16-,19-. The number of carbonyl (C=O) groups excluding carboxylic acids is 1. The summed E-state index contributed by atoms with van der Waals surface area (Å²) < 4.78 is 5.99. The molecule has 1 fully saturated rings. The zero-order valence-electron chi connectivity index (χ0n) is 12.9. The van der Waals surface area contributed by atoms with Gasteiger partial charge in [0, 0.05) is 0 Å². The van der Waals surface area contributed by atoms with Crippen molar-refractivity contribution in [1.82, 2.24) is 0 Å². The maximum atomic E-state index is 10.2. The summed E-state index contributed by atoms with van der Waals surface area (Å²) >= 11 is 0.